The highest BCUT2D eigenvalue weighted by atomic mass is 32.2. The normalized spacial score (nSPS) is 12.7. The van der Waals surface area contributed by atoms with Gasteiger partial charge in [-0.15, -0.1) is 0 Å². The van der Waals surface area contributed by atoms with Gasteiger partial charge in [0.05, 0.1) is 18.0 Å². The van der Waals surface area contributed by atoms with Crippen LogP contribution in [0.25, 0.3) is 0 Å². The van der Waals surface area contributed by atoms with Crippen LogP contribution in [0.15, 0.2) is 23.1 Å². The highest BCUT2D eigenvalue weighted by Gasteiger charge is 2.22. The predicted octanol–water partition coefficient (Wildman–Crippen LogP) is 1.98. The van der Waals surface area contributed by atoms with Crippen molar-refractivity contribution >= 4 is 15.9 Å². The largest absolute Gasteiger partial charge is 0.496 e. The number of nitrogens with one attached hydrogen (secondary N) is 2. The molecule has 0 aliphatic heterocycles. The van der Waals surface area contributed by atoms with E-state index in [0.717, 1.165) is 19.3 Å². The fourth-order valence-electron chi connectivity index (χ4n) is 2.11. The Labute approximate surface area is 138 Å². The van der Waals surface area contributed by atoms with Crippen LogP contribution in [-0.4, -0.2) is 34.0 Å². The zero-order chi connectivity index (χ0) is 17.5. The maximum absolute atomic E-state index is 12.3. The van der Waals surface area contributed by atoms with Crippen molar-refractivity contribution in [2.24, 2.45) is 0 Å². The predicted molar refractivity (Wildman–Crippen MR) is 90.0 cm³/mol. The highest BCUT2D eigenvalue weighted by Crippen LogP contribution is 2.21. The minimum atomic E-state index is -3.75. The van der Waals surface area contributed by atoms with E-state index < -0.39 is 16.1 Å². The number of amides is 1. The third-order valence-electron chi connectivity index (χ3n) is 3.48. The van der Waals surface area contributed by atoms with E-state index in [1.807, 2.05) is 0 Å². The molecule has 0 heterocycles. The number of ether oxygens (including phenoxy) is 1. The highest BCUT2D eigenvalue weighted by molar-refractivity contribution is 7.89. The number of sulfonamides is 1. The number of aryl methyl sites for hydroxylation is 1. The molecule has 6 nitrogen and oxygen atoms in total. The second-order valence-corrected chi connectivity index (χ2v) is 7.19. The van der Waals surface area contributed by atoms with E-state index in [9.17, 15) is 13.2 Å². The molecule has 0 unspecified atom stereocenters. The average molecular weight is 342 g/mol. The van der Waals surface area contributed by atoms with Crippen LogP contribution in [0.3, 0.4) is 0 Å². The number of hydrogen-bond donors (Lipinski definition) is 2. The van der Waals surface area contributed by atoms with Crippen LogP contribution in [-0.2, 0) is 14.8 Å². The monoisotopic (exact) mass is 342 g/mol. The molecule has 1 aromatic rings. The van der Waals surface area contributed by atoms with Gasteiger partial charge in [0.1, 0.15) is 5.75 Å². The van der Waals surface area contributed by atoms with Crippen molar-refractivity contribution in [3.63, 3.8) is 0 Å². The van der Waals surface area contributed by atoms with E-state index in [0.29, 0.717) is 17.9 Å². The number of methoxy groups -OCH3 is 1. The van der Waals surface area contributed by atoms with Gasteiger partial charge in [-0.1, -0.05) is 19.8 Å². The second-order valence-electron chi connectivity index (χ2n) is 5.47. The fraction of sp³-hybridized carbons (Fsp3) is 0.562. The molecule has 0 radical (unpaired) electrons. The molecule has 0 aromatic heterocycles. The summed E-state index contributed by atoms with van der Waals surface area (Å²) in [5.74, 6) is 0.292. The Bertz CT molecular complexity index is 629. The van der Waals surface area contributed by atoms with Crippen LogP contribution >= 0.6 is 0 Å². The van der Waals surface area contributed by atoms with E-state index in [4.69, 9.17) is 4.74 Å². The lowest BCUT2D eigenvalue weighted by Crippen LogP contribution is -2.44. The van der Waals surface area contributed by atoms with Gasteiger partial charge < -0.3 is 10.1 Å². The van der Waals surface area contributed by atoms with Crippen molar-refractivity contribution < 1.29 is 17.9 Å². The molecule has 1 amide bonds. The van der Waals surface area contributed by atoms with Crippen molar-refractivity contribution in [3.05, 3.63) is 23.8 Å². The summed E-state index contributed by atoms with van der Waals surface area (Å²) in [4.78, 5) is 12.0. The molecule has 0 saturated carbocycles. The summed E-state index contributed by atoms with van der Waals surface area (Å²) in [6, 6.07) is 3.75. The van der Waals surface area contributed by atoms with Gasteiger partial charge in [0.25, 0.3) is 0 Å². The van der Waals surface area contributed by atoms with Crippen LogP contribution in [0.5, 0.6) is 5.75 Å². The molecule has 0 spiro atoms. The van der Waals surface area contributed by atoms with Crippen LogP contribution in [0.4, 0.5) is 0 Å². The first kappa shape index (κ1) is 19.4. The Hall–Kier alpha value is -1.60. The summed E-state index contributed by atoms with van der Waals surface area (Å²) < 4.78 is 32.2. The molecular weight excluding hydrogens is 316 g/mol. The smallest absolute Gasteiger partial charge is 0.241 e. The molecule has 1 aromatic carbocycles. The van der Waals surface area contributed by atoms with Crippen LogP contribution in [0.2, 0.25) is 0 Å². The Morgan fingerprint density at radius 2 is 2.00 bits per heavy atom. The number of rotatable bonds is 9. The van der Waals surface area contributed by atoms with Crippen molar-refractivity contribution in [1.29, 1.82) is 0 Å². The summed E-state index contributed by atoms with van der Waals surface area (Å²) in [6.45, 7) is 5.93. The molecule has 0 saturated heterocycles. The van der Waals surface area contributed by atoms with Gasteiger partial charge in [-0.25, -0.2) is 8.42 Å². The summed E-state index contributed by atoms with van der Waals surface area (Å²) >= 11 is 0. The molecule has 23 heavy (non-hydrogen) atoms. The molecule has 2 N–H and O–H groups in total. The first-order valence-corrected chi connectivity index (χ1v) is 9.24. The van der Waals surface area contributed by atoms with Gasteiger partial charge in [-0.2, -0.15) is 4.72 Å². The topological polar surface area (TPSA) is 84.5 Å². The summed E-state index contributed by atoms with van der Waals surface area (Å²) in [5, 5.41) is 2.74. The molecule has 0 fully saturated rings. The van der Waals surface area contributed by atoms with E-state index in [1.165, 1.54) is 26.2 Å². The maximum atomic E-state index is 12.3. The Morgan fingerprint density at radius 1 is 1.30 bits per heavy atom. The molecule has 0 bridgehead atoms. The second kappa shape index (κ2) is 8.88. The quantitative estimate of drug-likeness (QED) is 0.672. The number of benzene rings is 1. The van der Waals surface area contributed by atoms with E-state index in [-0.39, 0.29) is 10.8 Å². The summed E-state index contributed by atoms with van der Waals surface area (Å²) in [6.07, 6.45) is 2.99. The standard InChI is InChI=1S/C16H26N2O4S/c1-5-6-7-10-17-16(19)13(3)18-23(20,21)14-8-9-15(22-4)12(2)11-14/h8-9,11,13,18H,5-7,10H2,1-4H3,(H,17,19)/t13-/m0/s1. The Morgan fingerprint density at radius 3 is 2.57 bits per heavy atom. The van der Waals surface area contributed by atoms with Crippen LogP contribution in [0, 0.1) is 6.92 Å². The SMILES string of the molecule is CCCCCNC(=O)[C@H](C)NS(=O)(=O)c1ccc(OC)c(C)c1. The third kappa shape index (κ3) is 5.84. The lowest BCUT2D eigenvalue weighted by atomic mass is 10.2. The molecule has 0 aliphatic carbocycles. The minimum absolute atomic E-state index is 0.112. The lowest BCUT2D eigenvalue weighted by molar-refractivity contribution is -0.122. The van der Waals surface area contributed by atoms with Crippen molar-refractivity contribution in [3.8, 4) is 5.75 Å². The van der Waals surface area contributed by atoms with Gasteiger partial charge in [0.2, 0.25) is 15.9 Å². The van der Waals surface area contributed by atoms with Crippen molar-refractivity contribution in [1.82, 2.24) is 10.0 Å². The minimum Gasteiger partial charge on any atom is -0.496 e. The molecule has 7 heteroatoms. The van der Waals surface area contributed by atoms with E-state index >= 15 is 0 Å². The van der Waals surface area contributed by atoms with Gasteiger partial charge in [0.15, 0.2) is 0 Å². The summed E-state index contributed by atoms with van der Waals surface area (Å²) in [7, 11) is -2.23. The molecule has 0 aliphatic rings. The number of carbonyl (C=O) groups excluding carboxylic acids is 1. The first-order chi connectivity index (χ1) is 10.8. The van der Waals surface area contributed by atoms with Gasteiger partial charge in [-0.05, 0) is 44.0 Å². The zero-order valence-electron chi connectivity index (χ0n) is 14.2. The van der Waals surface area contributed by atoms with E-state index in [1.54, 1.807) is 13.0 Å². The Kier molecular flexibility index (Phi) is 7.51. The Balaban J connectivity index is 2.70. The molecule has 1 rings (SSSR count). The van der Waals surface area contributed by atoms with Crippen molar-refractivity contribution in [2.75, 3.05) is 13.7 Å². The third-order valence-corrected chi connectivity index (χ3v) is 5.02. The number of carbonyl (C=O) groups is 1. The van der Waals surface area contributed by atoms with Crippen molar-refractivity contribution in [2.45, 2.75) is 51.0 Å². The van der Waals surface area contributed by atoms with Gasteiger partial charge in [0, 0.05) is 6.54 Å². The first-order valence-electron chi connectivity index (χ1n) is 7.76. The van der Waals surface area contributed by atoms with Crippen LogP contribution in [0.1, 0.15) is 38.7 Å². The van der Waals surface area contributed by atoms with Crippen LogP contribution < -0.4 is 14.8 Å². The average Bonchev–Trinajstić information content (AvgIpc) is 2.50. The zero-order valence-corrected chi connectivity index (χ0v) is 15.0. The van der Waals surface area contributed by atoms with Gasteiger partial charge in [-0.3, -0.25) is 4.79 Å². The maximum Gasteiger partial charge on any atom is 0.241 e. The molecule has 130 valence electrons. The molecule has 1 atom stereocenters. The van der Waals surface area contributed by atoms with Gasteiger partial charge >= 0.3 is 0 Å². The number of hydrogen-bond acceptors (Lipinski definition) is 4. The molecular formula is C16H26N2O4S. The fourth-order valence-corrected chi connectivity index (χ4v) is 3.40. The summed E-state index contributed by atoms with van der Waals surface area (Å²) in [5.41, 5.74) is 0.715. The number of unbranched alkanes of at least 4 members (excludes halogenated alkanes) is 2. The van der Waals surface area contributed by atoms with E-state index in [2.05, 4.69) is 17.0 Å². The lowest BCUT2D eigenvalue weighted by Gasteiger charge is -2.15.